The number of nitriles is 1. The molecule has 0 heterocycles. The molecule has 0 atom stereocenters. The Labute approximate surface area is 85.8 Å². The molecule has 0 radical (unpaired) electrons. The van der Waals surface area contributed by atoms with Crippen molar-refractivity contribution < 1.29 is 14.3 Å². The summed E-state index contributed by atoms with van der Waals surface area (Å²) in [6.45, 7) is 0. The highest BCUT2D eigenvalue weighted by Gasteiger charge is 2.11. The van der Waals surface area contributed by atoms with Crippen LogP contribution in [0.1, 0.15) is 22.3 Å². The zero-order chi connectivity index (χ0) is 11.3. The van der Waals surface area contributed by atoms with Crippen LogP contribution < -0.4 is 0 Å². The zero-order valence-corrected chi connectivity index (χ0v) is 7.62. The standard InChI is InChI=1S/C11H6FNO2/c12-10-6-3-5-9(11(14)15)8(10)4-1-2-7-13/h3,5-6H,2H2,(H,14,15). The molecule has 0 aliphatic rings. The molecule has 1 aromatic carbocycles. The maximum atomic E-state index is 13.2. The third-order valence-corrected chi connectivity index (χ3v) is 1.62. The number of halogens is 1. The maximum absolute atomic E-state index is 13.2. The van der Waals surface area contributed by atoms with Crippen LogP contribution in [-0.2, 0) is 0 Å². The Morgan fingerprint density at radius 2 is 2.27 bits per heavy atom. The van der Waals surface area contributed by atoms with Crippen LogP contribution in [0.4, 0.5) is 4.39 Å². The van der Waals surface area contributed by atoms with E-state index >= 15 is 0 Å². The van der Waals surface area contributed by atoms with Gasteiger partial charge in [0.05, 0.1) is 23.6 Å². The number of carboxylic acid groups (broad SMARTS) is 1. The molecule has 1 N–H and O–H groups in total. The third kappa shape index (κ3) is 2.55. The number of carbonyl (C=O) groups is 1. The molecule has 0 aromatic heterocycles. The van der Waals surface area contributed by atoms with Gasteiger partial charge in [-0.2, -0.15) is 5.26 Å². The van der Waals surface area contributed by atoms with Gasteiger partial charge >= 0.3 is 5.97 Å². The number of carboxylic acids is 1. The second kappa shape index (κ2) is 4.78. The van der Waals surface area contributed by atoms with Crippen molar-refractivity contribution in [1.82, 2.24) is 0 Å². The summed E-state index contributed by atoms with van der Waals surface area (Å²) in [5.41, 5.74) is -0.374. The van der Waals surface area contributed by atoms with E-state index in [9.17, 15) is 9.18 Å². The lowest BCUT2D eigenvalue weighted by atomic mass is 10.1. The van der Waals surface area contributed by atoms with Gasteiger partial charge in [-0.3, -0.25) is 0 Å². The monoisotopic (exact) mass is 203 g/mol. The number of aromatic carboxylic acids is 1. The highest BCUT2D eigenvalue weighted by atomic mass is 19.1. The Morgan fingerprint density at radius 3 is 2.87 bits per heavy atom. The van der Waals surface area contributed by atoms with Crippen molar-refractivity contribution in [3.05, 3.63) is 35.1 Å². The van der Waals surface area contributed by atoms with Gasteiger partial charge in [-0.05, 0) is 12.1 Å². The van der Waals surface area contributed by atoms with E-state index < -0.39 is 11.8 Å². The van der Waals surface area contributed by atoms with Crippen molar-refractivity contribution in [1.29, 1.82) is 5.26 Å². The molecule has 0 aliphatic heterocycles. The Kier molecular flexibility index (Phi) is 3.43. The summed E-state index contributed by atoms with van der Waals surface area (Å²) >= 11 is 0. The summed E-state index contributed by atoms with van der Waals surface area (Å²) in [5.74, 6) is 2.77. The molecule has 4 heteroatoms. The van der Waals surface area contributed by atoms with Crippen LogP contribution >= 0.6 is 0 Å². The summed E-state index contributed by atoms with van der Waals surface area (Å²) in [5, 5.41) is 17.0. The number of rotatable bonds is 1. The van der Waals surface area contributed by atoms with Crippen molar-refractivity contribution in [2.75, 3.05) is 0 Å². The molecule has 0 saturated heterocycles. The average Bonchev–Trinajstić information content (AvgIpc) is 2.20. The Morgan fingerprint density at radius 1 is 1.53 bits per heavy atom. The fourth-order valence-corrected chi connectivity index (χ4v) is 1.00. The lowest BCUT2D eigenvalue weighted by molar-refractivity contribution is 0.0696. The Hall–Kier alpha value is -2.33. The van der Waals surface area contributed by atoms with Gasteiger partial charge in [0.25, 0.3) is 0 Å². The first-order valence-electron chi connectivity index (χ1n) is 4.04. The molecule has 1 aromatic rings. The van der Waals surface area contributed by atoms with Crippen molar-refractivity contribution >= 4 is 5.97 Å². The van der Waals surface area contributed by atoms with Gasteiger partial charge in [0, 0.05) is 0 Å². The molecular formula is C11H6FNO2. The lowest BCUT2D eigenvalue weighted by Crippen LogP contribution is -2.01. The van der Waals surface area contributed by atoms with Gasteiger partial charge in [0.1, 0.15) is 5.82 Å². The van der Waals surface area contributed by atoms with Gasteiger partial charge in [-0.1, -0.05) is 17.9 Å². The first-order chi connectivity index (χ1) is 7.16. The third-order valence-electron chi connectivity index (χ3n) is 1.62. The maximum Gasteiger partial charge on any atom is 0.337 e. The fraction of sp³-hybridized carbons (Fsp3) is 0.0909. The van der Waals surface area contributed by atoms with Crippen LogP contribution in [-0.4, -0.2) is 11.1 Å². The van der Waals surface area contributed by atoms with E-state index in [1.807, 2.05) is 0 Å². The van der Waals surface area contributed by atoms with Crippen molar-refractivity contribution in [3.63, 3.8) is 0 Å². The minimum Gasteiger partial charge on any atom is -0.478 e. The molecule has 0 amide bonds. The van der Waals surface area contributed by atoms with Crippen molar-refractivity contribution in [3.8, 4) is 17.9 Å². The molecule has 0 saturated carbocycles. The van der Waals surface area contributed by atoms with E-state index in [1.54, 1.807) is 6.07 Å². The first kappa shape index (κ1) is 10.7. The van der Waals surface area contributed by atoms with Gasteiger partial charge in [-0.25, -0.2) is 9.18 Å². The lowest BCUT2D eigenvalue weighted by Gasteiger charge is -1.99. The SMILES string of the molecule is N#CCC#Cc1c(F)cccc1C(=O)O. The molecule has 0 bridgehead atoms. The predicted molar refractivity (Wildman–Crippen MR) is 50.5 cm³/mol. The topological polar surface area (TPSA) is 61.1 Å². The number of benzene rings is 1. The Bertz CT molecular complexity index is 492. The summed E-state index contributed by atoms with van der Waals surface area (Å²) < 4.78 is 13.2. The minimum absolute atomic E-state index is 0.0621. The summed E-state index contributed by atoms with van der Waals surface area (Å²) in [6.07, 6.45) is -0.0621. The quantitative estimate of drug-likeness (QED) is 0.708. The number of hydrogen-bond donors (Lipinski definition) is 1. The number of nitrogens with zero attached hydrogens (tertiary/aromatic N) is 1. The summed E-state index contributed by atoms with van der Waals surface area (Å²) in [4.78, 5) is 10.7. The van der Waals surface area contributed by atoms with Crippen LogP contribution in [0.15, 0.2) is 18.2 Å². The van der Waals surface area contributed by atoms with E-state index in [0.717, 1.165) is 6.07 Å². The molecule has 0 fully saturated rings. The molecule has 1 rings (SSSR count). The van der Waals surface area contributed by atoms with Gasteiger partial charge in [0.15, 0.2) is 0 Å². The fourth-order valence-electron chi connectivity index (χ4n) is 1.00. The van der Waals surface area contributed by atoms with E-state index in [1.165, 1.54) is 12.1 Å². The van der Waals surface area contributed by atoms with Crippen LogP contribution in [0.25, 0.3) is 0 Å². The second-order valence-corrected chi connectivity index (χ2v) is 2.60. The van der Waals surface area contributed by atoms with Crippen LogP contribution in [0, 0.1) is 29.0 Å². The molecule has 74 valence electrons. The van der Waals surface area contributed by atoms with Gasteiger partial charge < -0.3 is 5.11 Å². The second-order valence-electron chi connectivity index (χ2n) is 2.60. The van der Waals surface area contributed by atoms with E-state index in [4.69, 9.17) is 10.4 Å². The van der Waals surface area contributed by atoms with E-state index in [2.05, 4.69) is 11.8 Å². The number of hydrogen-bond acceptors (Lipinski definition) is 2. The molecule has 15 heavy (non-hydrogen) atoms. The largest absolute Gasteiger partial charge is 0.478 e. The molecule has 0 aliphatic carbocycles. The molecular weight excluding hydrogens is 197 g/mol. The van der Waals surface area contributed by atoms with Crippen LogP contribution in [0.2, 0.25) is 0 Å². The predicted octanol–water partition coefficient (Wildman–Crippen LogP) is 1.79. The van der Waals surface area contributed by atoms with Gasteiger partial charge in [-0.15, -0.1) is 0 Å². The van der Waals surface area contributed by atoms with E-state index in [-0.39, 0.29) is 17.5 Å². The van der Waals surface area contributed by atoms with Crippen molar-refractivity contribution in [2.45, 2.75) is 6.42 Å². The smallest absolute Gasteiger partial charge is 0.337 e. The van der Waals surface area contributed by atoms with Crippen LogP contribution in [0.3, 0.4) is 0 Å². The molecule has 3 nitrogen and oxygen atoms in total. The van der Waals surface area contributed by atoms with E-state index in [0.29, 0.717) is 0 Å². The summed E-state index contributed by atoms with van der Waals surface area (Å²) in [6, 6.07) is 5.46. The summed E-state index contributed by atoms with van der Waals surface area (Å²) in [7, 11) is 0. The van der Waals surface area contributed by atoms with Crippen molar-refractivity contribution in [2.24, 2.45) is 0 Å². The molecule has 0 spiro atoms. The highest BCUT2D eigenvalue weighted by molar-refractivity contribution is 5.90. The van der Waals surface area contributed by atoms with Crippen LogP contribution in [0.5, 0.6) is 0 Å². The highest BCUT2D eigenvalue weighted by Crippen LogP contribution is 2.12. The average molecular weight is 203 g/mol. The van der Waals surface area contributed by atoms with Gasteiger partial charge in [0.2, 0.25) is 0 Å². The Balaban J connectivity index is 3.22. The molecule has 0 unspecified atom stereocenters. The normalized spacial score (nSPS) is 8.53. The first-order valence-corrected chi connectivity index (χ1v) is 4.04. The zero-order valence-electron chi connectivity index (χ0n) is 7.62. The minimum atomic E-state index is -1.24.